The molecule has 0 radical (unpaired) electrons. The lowest BCUT2D eigenvalue weighted by atomic mass is 10.2. The molecular weight excluding hydrogens is 392 g/mol. The summed E-state index contributed by atoms with van der Waals surface area (Å²) in [5.74, 6) is 1.10. The van der Waals surface area contributed by atoms with Crippen molar-refractivity contribution in [1.82, 2.24) is 0 Å². The van der Waals surface area contributed by atoms with Crippen molar-refractivity contribution in [1.29, 1.82) is 0 Å². The number of primary amides is 1. The second-order valence-corrected chi connectivity index (χ2v) is 5.90. The van der Waals surface area contributed by atoms with Crippen LogP contribution in [0.15, 0.2) is 36.4 Å². The number of nitrogens with two attached hydrogens (primary N) is 1. The fourth-order valence-electron chi connectivity index (χ4n) is 2.57. The predicted molar refractivity (Wildman–Crippen MR) is 111 cm³/mol. The van der Waals surface area contributed by atoms with Gasteiger partial charge in [-0.3, -0.25) is 9.59 Å². The second kappa shape index (κ2) is 10.6. The van der Waals surface area contributed by atoms with Crippen molar-refractivity contribution in [2.45, 2.75) is 0 Å². The molecule has 0 bridgehead atoms. The Kier molecular flexibility index (Phi) is 7.92. The van der Waals surface area contributed by atoms with Gasteiger partial charge < -0.3 is 34.7 Å². The third-order valence-electron chi connectivity index (χ3n) is 3.92. The highest BCUT2D eigenvalue weighted by molar-refractivity contribution is 6.02. The molecule has 2 amide bonds. The normalized spacial score (nSPS) is 10.4. The molecule has 2 aromatic rings. The molecule has 30 heavy (non-hydrogen) atoms. The summed E-state index contributed by atoms with van der Waals surface area (Å²) in [6, 6.07) is 8.25. The largest absolute Gasteiger partial charge is 0.493 e. The lowest BCUT2D eigenvalue weighted by molar-refractivity contribution is -0.120. The maximum Gasteiger partial charge on any atom is 0.255 e. The quantitative estimate of drug-likeness (QED) is 0.570. The van der Waals surface area contributed by atoms with Gasteiger partial charge in [0, 0.05) is 23.9 Å². The average molecular weight is 416 g/mol. The maximum atomic E-state index is 12.3. The molecule has 3 N–H and O–H groups in total. The van der Waals surface area contributed by atoms with E-state index in [2.05, 4.69) is 5.32 Å². The van der Waals surface area contributed by atoms with Crippen LogP contribution in [0.3, 0.4) is 0 Å². The summed E-state index contributed by atoms with van der Waals surface area (Å²) >= 11 is 0. The average Bonchev–Trinajstić information content (AvgIpc) is 2.75. The van der Waals surface area contributed by atoms with Gasteiger partial charge in [0.15, 0.2) is 29.6 Å². The van der Waals surface area contributed by atoms with Gasteiger partial charge >= 0.3 is 0 Å². The molecule has 0 aliphatic rings. The predicted octanol–water partition coefficient (Wildman–Crippen LogP) is 2.24. The Morgan fingerprint density at radius 2 is 1.53 bits per heavy atom. The van der Waals surface area contributed by atoms with Crippen LogP contribution in [0.25, 0.3) is 6.08 Å². The number of ether oxygens (including phenoxy) is 5. The number of hydrogen-bond donors (Lipinski definition) is 2. The molecule has 0 atom stereocenters. The minimum atomic E-state index is -0.593. The van der Waals surface area contributed by atoms with Crippen LogP contribution < -0.4 is 34.7 Å². The fraction of sp³-hybridized carbons (Fsp3) is 0.238. The van der Waals surface area contributed by atoms with E-state index in [4.69, 9.17) is 29.4 Å². The molecule has 0 saturated carbocycles. The van der Waals surface area contributed by atoms with Gasteiger partial charge in [-0.15, -0.1) is 0 Å². The van der Waals surface area contributed by atoms with Gasteiger partial charge in [-0.05, 0) is 23.8 Å². The SMILES string of the molecule is COc1cc(/C=C/C(=O)Nc2cc(OC)c(OC)c(OC)c2)ccc1OCC(N)=O. The van der Waals surface area contributed by atoms with E-state index in [-0.39, 0.29) is 12.5 Å². The van der Waals surface area contributed by atoms with E-state index >= 15 is 0 Å². The smallest absolute Gasteiger partial charge is 0.255 e. The molecule has 160 valence electrons. The van der Waals surface area contributed by atoms with Crippen LogP contribution in [0.5, 0.6) is 28.7 Å². The van der Waals surface area contributed by atoms with Crippen LogP contribution in [0.1, 0.15) is 5.56 Å². The number of carbonyl (C=O) groups is 2. The van der Waals surface area contributed by atoms with E-state index in [9.17, 15) is 9.59 Å². The van der Waals surface area contributed by atoms with E-state index in [1.807, 2.05) is 0 Å². The zero-order chi connectivity index (χ0) is 22.1. The van der Waals surface area contributed by atoms with Gasteiger partial charge in [-0.2, -0.15) is 0 Å². The summed E-state index contributed by atoms with van der Waals surface area (Å²) in [6.07, 6.45) is 2.97. The Bertz CT molecular complexity index is 916. The van der Waals surface area contributed by atoms with Gasteiger partial charge in [0.05, 0.1) is 28.4 Å². The van der Waals surface area contributed by atoms with Crippen molar-refractivity contribution in [3.8, 4) is 28.7 Å². The number of methoxy groups -OCH3 is 4. The molecule has 0 aliphatic heterocycles. The number of amides is 2. The standard InChI is InChI=1S/C21H24N2O7/c1-26-16-9-13(5-7-15(16)30-12-19(22)24)6-8-20(25)23-14-10-17(27-2)21(29-4)18(11-14)28-3/h5-11H,12H2,1-4H3,(H2,22,24)(H,23,25)/b8-6+. The molecule has 0 spiro atoms. The molecule has 0 heterocycles. The first-order valence-corrected chi connectivity index (χ1v) is 8.80. The number of carbonyl (C=O) groups excluding carboxylic acids is 2. The fourth-order valence-corrected chi connectivity index (χ4v) is 2.57. The van der Waals surface area contributed by atoms with Crippen LogP contribution in [-0.2, 0) is 9.59 Å². The number of hydrogen-bond acceptors (Lipinski definition) is 7. The van der Waals surface area contributed by atoms with Gasteiger partial charge in [-0.25, -0.2) is 0 Å². The summed E-state index contributed by atoms with van der Waals surface area (Å²) in [7, 11) is 5.96. The lowest BCUT2D eigenvalue weighted by Crippen LogP contribution is -2.20. The van der Waals surface area contributed by atoms with Gasteiger partial charge in [-0.1, -0.05) is 6.07 Å². The van der Waals surface area contributed by atoms with E-state index in [1.54, 1.807) is 36.4 Å². The highest BCUT2D eigenvalue weighted by Crippen LogP contribution is 2.39. The first-order chi connectivity index (χ1) is 14.4. The third kappa shape index (κ3) is 5.81. The molecule has 0 unspecified atom stereocenters. The Balaban J connectivity index is 2.13. The Hall–Kier alpha value is -3.88. The summed E-state index contributed by atoms with van der Waals surface area (Å²) in [4.78, 5) is 23.2. The highest BCUT2D eigenvalue weighted by atomic mass is 16.5. The van der Waals surface area contributed by atoms with Crippen LogP contribution in [-0.4, -0.2) is 46.9 Å². The topological polar surface area (TPSA) is 118 Å². The monoisotopic (exact) mass is 416 g/mol. The molecule has 2 rings (SSSR count). The molecule has 0 aliphatic carbocycles. The van der Waals surface area contributed by atoms with Crippen molar-refractivity contribution in [3.05, 3.63) is 42.0 Å². The molecule has 2 aromatic carbocycles. The summed E-state index contributed by atoms with van der Waals surface area (Å²) in [6.45, 7) is -0.261. The van der Waals surface area contributed by atoms with Crippen LogP contribution in [0.4, 0.5) is 5.69 Å². The Labute approximate surface area is 174 Å². The van der Waals surface area contributed by atoms with Crippen molar-refractivity contribution < 1.29 is 33.3 Å². The van der Waals surface area contributed by atoms with Gasteiger partial charge in [0.25, 0.3) is 5.91 Å². The molecule has 9 heteroatoms. The number of anilines is 1. The Morgan fingerprint density at radius 1 is 0.900 bits per heavy atom. The minimum Gasteiger partial charge on any atom is -0.493 e. The second-order valence-electron chi connectivity index (χ2n) is 5.90. The first-order valence-electron chi connectivity index (χ1n) is 8.80. The van der Waals surface area contributed by atoms with Crippen LogP contribution in [0.2, 0.25) is 0 Å². The van der Waals surface area contributed by atoms with E-state index in [0.717, 1.165) is 0 Å². The zero-order valence-electron chi connectivity index (χ0n) is 17.2. The minimum absolute atomic E-state index is 0.261. The van der Waals surface area contributed by atoms with E-state index < -0.39 is 5.91 Å². The van der Waals surface area contributed by atoms with Crippen molar-refractivity contribution >= 4 is 23.6 Å². The van der Waals surface area contributed by atoms with Gasteiger partial charge in [0.2, 0.25) is 11.7 Å². The maximum absolute atomic E-state index is 12.3. The summed E-state index contributed by atoms with van der Waals surface area (Å²) in [5.41, 5.74) is 6.25. The molecule has 0 fully saturated rings. The molecule has 0 aromatic heterocycles. The van der Waals surface area contributed by atoms with Crippen LogP contribution in [0, 0.1) is 0 Å². The van der Waals surface area contributed by atoms with Crippen molar-refractivity contribution in [3.63, 3.8) is 0 Å². The van der Waals surface area contributed by atoms with E-state index in [1.165, 1.54) is 34.5 Å². The van der Waals surface area contributed by atoms with E-state index in [0.29, 0.717) is 40.0 Å². The van der Waals surface area contributed by atoms with Gasteiger partial charge in [0.1, 0.15) is 0 Å². The molecule has 9 nitrogen and oxygen atoms in total. The lowest BCUT2D eigenvalue weighted by Gasteiger charge is -2.14. The molecular formula is C21H24N2O7. The van der Waals surface area contributed by atoms with Crippen molar-refractivity contribution in [2.24, 2.45) is 5.73 Å². The number of benzene rings is 2. The Morgan fingerprint density at radius 3 is 2.07 bits per heavy atom. The van der Waals surface area contributed by atoms with Crippen molar-refractivity contribution in [2.75, 3.05) is 40.4 Å². The number of rotatable bonds is 10. The summed E-state index contributed by atoms with van der Waals surface area (Å²) < 4.78 is 26.3. The number of nitrogens with one attached hydrogen (secondary N) is 1. The third-order valence-corrected chi connectivity index (χ3v) is 3.92. The summed E-state index contributed by atoms with van der Waals surface area (Å²) in [5, 5.41) is 2.74. The highest BCUT2D eigenvalue weighted by Gasteiger charge is 2.14. The zero-order valence-corrected chi connectivity index (χ0v) is 17.2. The molecule has 0 saturated heterocycles. The van der Waals surface area contributed by atoms with Crippen LogP contribution >= 0.6 is 0 Å². The first kappa shape index (κ1) is 22.4.